The third-order valence-corrected chi connectivity index (χ3v) is 2.45. The Labute approximate surface area is 104 Å². The molecule has 0 bridgehead atoms. The van der Waals surface area contributed by atoms with Crippen molar-refractivity contribution in [2.75, 3.05) is 7.11 Å². The molecule has 1 aromatic carbocycles. The molecule has 0 spiro atoms. The predicted octanol–water partition coefficient (Wildman–Crippen LogP) is 1.24. The average Bonchev–Trinajstić information content (AvgIpc) is 2.92. The van der Waals surface area contributed by atoms with Gasteiger partial charge in [-0.15, -0.1) is 5.10 Å². The third kappa shape index (κ3) is 2.60. The van der Waals surface area contributed by atoms with Crippen LogP contribution in [0.4, 0.5) is 0 Å². The molecule has 0 atom stereocenters. The van der Waals surface area contributed by atoms with Gasteiger partial charge in [0.05, 0.1) is 12.8 Å². The number of tetrazole rings is 1. The van der Waals surface area contributed by atoms with E-state index in [0.29, 0.717) is 0 Å². The van der Waals surface area contributed by atoms with Gasteiger partial charge in [-0.1, -0.05) is 12.1 Å². The van der Waals surface area contributed by atoms with Crippen LogP contribution in [-0.4, -0.2) is 33.3 Å². The minimum atomic E-state index is -0.375. The highest BCUT2D eigenvalue weighted by molar-refractivity contribution is 5.90. The molecule has 2 rings (SSSR count). The molecule has 0 amide bonds. The Hall–Kier alpha value is -2.50. The highest BCUT2D eigenvalue weighted by Crippen LogP contribution is 2.17. The Balaban J connectivity index is 2.33. The first-order valence-corrected chi connectivity index (χ1v) is 5.31. The number of rotatable bonds is 3. The van der Waals surface area contributed by atoms with Crippen molar-refractivity contribution in [1.82, 2.24) is 20.2 Å². The van der Waals surface area contributed by atoms with Crippen molar-refractivity contribution >= 4 is 11.5 Å². The van der Waals surface area contributed by atoms with Gasteiger partial charge in [-0.3, -0.25) is 0 Å². The Bertz CT molecular complexity index is 576. The van der Waals surface area contributed by atoms with Crippen LogP contribution in [0.5, 0.6) is 0 Å². The number of carbonyl (C=O) groups excluding carboxylic acids is 1. The van der Waals surface area contributed by atoms with Crippen LogP contribution in [0.3, 0.4) is 0 Å². The zero-order valence-electron chi connectivity index (χ0n) is 10.1. The number of carbonyl (C=O) groups is 1. The molecule has 0 aliphatic heterocycles. The number of aromatic nitrogens is 4. The number of ether oxygens (including phenoxy) is 1. The summed E-state index contributed by atoms with van der Waals surface area (Å²) >= 11 is 0. The number of allylic oxidation sites excluding steroid dienone is 1. The molecule has 1 heterocycles. The normalized spacial score (nSPS) is 11.3. The molecule has 0 saturated carbocycles. The minimum absolute atomic E-state index is 0.375. The maximum Gasteiger partial charge on any atom is 0.330 e. The van der Waals surface area contributed by atoms with Gasteiger partial charge in [0.1, 0.15) is 6.33 Å². The maximum absolute atomic E-state index is 11.2. The standard InChI is InChI=1S/C12H12N4O2/c1-9(6-12(17)18-2)10-4-3-5-11(7-10)16-8-13-14-15-16/h3-8H,1-2H3/b9-6-. The molecule has 0 saturated heterocycles. The molecule has 6 heteroatoms. The first-order valence-electron chi connectivity index (χ1n) is 5.31. The van der Waals surface area contributed by atoms with E-state index in [0.717, 1.165) is 16.8 Å². The van der Waals surface area contributed by atoms with Crippen LogP contribution >= 0.6 is 0 Å². The molecule has 0 fully saturated rings. The van der Waals surface area contributed by atoms with Crippen molar-refractivity contribution in [1.29, 1.82) is 0 Å². The monoisotopic (exact) mass is 244 g/mol. The first kappa shape index (κ1) is 12.0. The lowest BCUT2D eigenvalue weighted by Crippen LogP contribution is -1.98. The smallest absolute Gasteiger partial charge is 0.330 e. The summed E-state index contributed by atoms with van der Waals surface area (Å²) in [4.78, 5) is 11.2. The van der Waals surface area contributed by atoms with Crippen molar-refractivity contribution in [3.63, 3.8) is 0 Å². The van der Waals surface area contributed by atoms with E-state index < -0.39 is 0 Å². The summed E-state index contributed by atoms with van der Waals surface area (Å²) < 4.78 is 6.14. The number of benzene rings is 1. The van der Waals surface area contributed by atoms with E-state index in [1.165, 1.54) is 19.5 Å². The first-order chi connectivity index (χ1) is 8.70. The number of hydrogen-bond donors (Lipinski definition) is 0. The summed E-state index contributed by atoms with van der Waals surface area (Å²) in [6.07, 6.45) is 2.96. The van der Waals surface area contributed by atoms with Crippen LogP contribution in [0.25, 0.3) is 11.3 Å². The van der Waals surface area contributed by atoms with Crippen LogP contribution in [-0.2, 0) is 9.53 Å². The number of esters is 1. The second-order valence-corrected chi connectivity index (χ2v) is 3.66. The fourth-order valence-corrected chi connectivity index (χ4v) is 1.49. The van der Waals surface area contributed by atoms with Crippen LogP contribution in [0.15, 0.2) is 36.7 Å². The van der Waals surface area contributed by atoms with Crippen molar-refractivity contribution in [2.24, 2.45) is 0 Å². The van der Waals surface area contributed by atoms with Gasteiger partial charge in [0.25, 0.3) is 0 Å². The van der Waals surface area contributed by atoms with Crippen molar-refractivity contribution in [3.8, 4) is 5.69 Å². The molecular weight excluding hydrogens is 232 g/mol. The minimum Gasteiger partial charge on any atom is -0.466 e. The molecular formula is C12H12N4O2. The molecule has 0 N–H and O–H groups in total. The average molecular weight is 244 g/mol. The predicted molar refractivity (Wildman–Crippen MR) is 64.8 cm³/mol. The van der Waals surface area contributed by atoms with Gasteiger partial charge >= 0.3 is 5.97 Å². The van der Waals surface area contributed by atoms with Gasteiger partial charge in [-0.05, 0) is 40.6 Å². The lowest BCUT2D eigenvalue weighted by Gasteiger charge is -2.04. The van der Waals surface area contributed by atoms with Gasteiger partial charge in [0.2, 0.25) is 0 Å². The van der Waals surface area contributed by atoms with E-state index >= 15 is 0 Å². The number of methoxy groups -OCH3 is 1. The van der Waals surface area contributed by atoms with Crippen LogP contribution in [0.2, 0.25) is 0 Å². The SMILES string of the molecule is COC(=O)/C=C(/C)c1cccc(-n2cnnn2)c1. The highest BCUT2D eigenvalue weighted by atomic mass is 16.5. The third-order valence-electron chi connectivity index (χ3n) is 2.45. The van der Waals surface area contributed by atoms with Crippen molar-refractivity contribution in [3.05, 3.63) is 42.2 Å². The Morgan fingerprint density at radius 1 is 1.44 bits per heavy atom. The van der Waals surface area contributed by atoms with Gasteiger partial charge in [-0.25, -0.2) is 9.48 Å². The molecule has 2 aromatic rings. The maximum atomic E-state index is 11.2. The Morgan fingerprint density at radius 3 is 2.94 bits per heavy atom. The second kappa shape index (κ2) is 5.22. The van der Waals surface area contributed by atoms with E-state index in [1.54, 1.807) is 4.68 Å². The molecule has 0 aliphatic rings. The van der Waals surface area contributed by atoms with Gasteiger partial charge < -0.3 is 4.74 Å². The molecule has 0 aliphatic carbocycles. The summed E-state index contributed by atoms with van der Waals surface area (Å²) in [6, 6.07) is 7.56. The second-order valence-electron chi connectivity index (χ2n) is 3.66. The van der Waals surface area contributed by atoms with E-state index in [2.05, 4.69) is 20.3 Å². The van der Waals surface area contributed by atoms with E-state index in [1.807, 2.05) is 31.2 Å². The van der Waals surface area contributed by atoms with Crippen LogP contribution in [0.1, 0.15) is 12.5 Å². The van der Waals surface area contributed by atoms with Crippen LogP contribution < -0.4 is 0 Å². The summed E-state index contributed by atoms with van der Waals surface area (Å²) in [5.74, 6) is -0.375. The van der Waals surface area contributed by atoms with Crippen molar-refractivity contribution < 1.29 is 9.53 Å². The Morgan fingerprint density at radius 2 is 2.28 bits per heavy atom. The van der Waals surface area contributed by atoms with E-state index in [4.69, 9.17) is 0 Å². The zero-order chi connectivity index (χ0) is 13.0. The summed E-state index contributed by atoms with van der Waals surface area (Å²) in [7, 11) is 1.35. The topological polar surface area (TPSA) is 69.9 Å². The molecule has 0 radical (unpaired) electrons. The quantitative estimate of drug-likeness (QED) is 0.600. The summed E-state index contributed by atoms with van der Waals surface area (Å²) in [5, 5.41) is 11.0. The zero-order valence-corrected chi connectivity index (χ0v) is 10.1. The lowest BCUT2D eigenvalue weighted by atomic mass is 10.1. The molecule has 18 heavy (non-hydrogen) atoms. The fourth-order valence-electron chi connectivity index (χ4n) is 1.49. The lowest BCUT2D eigenvalue weighted by molar-refractivity contribution is -0.134. The fraction of sp³-hybridized carbons (Fsp3) is 0.167. The van der Waals surface area contributed by atoms with Gasteiger partial charge in [0, 0.05) is 6.08 Å². The summed E-state index contributed by atoms with van der Waals surface area (Å²) in [6.45, 7) is 1.84. The molecule has 92 valence electrons. The van der Waals surface area contributed by atoms with E-state index in [9.17, 15) is 4.79 Å². The van der Waals surface area contributed by atoms with Gasteiger partial charge in [0.15, 0.2) is 0 Å². The van der Waals surface area contributed by atoms with Crippen molar-refractivity contribution in [2.45, 2.75) is 6.92 Å². The molecule has 0 unspecified atom stereocenters. The highest BCUT2D eigenvalue weighted by Gasteiger charge is 2.03. The number of nitrogens with zero attached hydrogens (tertiary/aromatic N) is 4. The molecule has 6 nitrogen and oxygen atoms in total. The summed E-state index contributed by atoms with van der Waals surface area (Å²) in [5.41, 5.74) is 2.56. The largest absolute Gasteiger partial charge is 0.466 e. The van der Waals surface area contributed by atoms with Crippen LogP contribution in [0, 0.1) is 0 Å². The Kier molecular flexibility index (Phi) is 3.47. The van der Waals surface area contributed by atoms with Gasteiger partial charge in [-0.2, -0.15) is 0 Å². The molecule has 1 aromatic heterocycles. The van der Waals surface area contributed by atoms with E-state index in [-0.39, 0.29) is 5.97 Å². The number of hydrogen-bond acceptors (Lipinski definition) is 5.